The Bertz CT molecular complexity index is 1230. The van der Waals surface area contributed by atoms with E-state index in [0.29, 0.717) is 36.7 Å². The minimum Gasteiger partial charge on any atom is -0.756 e. The van der Waals surface area contributed by atoms with Crippen molar-refractivity contribution < 1.29 is 52.3 Å². The fourth-order valence-electron chi connectivity index (χ4n) is 6.62. The molecule has 1 saturated carbocycles. The number of likely N-dealkylation sites (N-methyl/N-ethyl adjacent to an activating group) is 1. The molecule has 2 N–H and O–H groups in total. The molecule has 0 aromatic rings. The van der Waals surface area contributed by atoms with Crippen LogP contribution in [0.5, 0.6) is 0 Å². The van der Waals surface area contributed by atoms with Gasteiger partial charge in [0, 0.05) is 24.7 Å². The Hall–Kier alpha value is -2.11. The number of aliphatic hydroxyl groups is 2. The highest BCUT2D eigenvalue weighted by Gasteiger charge is 2.39. The van der Waals surface area contributed by atoms with Gasteiger partial charge in [-0.2, -0.15) is 0 Å². The zero-order valence-electron chi connectivity index (χ0n) is 36.9. The minimum atomic E-state index is -4.59. The van der Waals surface area contributed by atoms with E-state index in [1.54, 1.807) is 12.2 Å². The molecule has 1 unspecified atom stereocenters. The molecule has 0 aliphatic heterocycles. The van der Waals surface area contributed by atoms with Crippen LogP contribution in [0.15, 0.2) is 48.8 Å². The van der Waals surface area contributed by atoms with Crippen molar-refractivity contribution in [2.24, 2.45) is 11.8 Å². The number of aliphatic hydroxyl groups excluding tert-OH is 2. The lowest BCUT2D eigenvalue weighted by Crippen LogP contribution is -2.37. The van der Waals surface area contributed by atoms with E-state index >= 15 is 0 Å². The highest BCUT2D eigenvalue weighted by Crippen LogP contribution is 2.38. The number of Topliss-reactive ketones (excluding diaryl/α,β-unsaturated/α-hetero) is 1. The summed E-state index contributed by atoms with van der Waals surface area (Å²) in [5.41, 5.74) is 0. The second-order valence-electron chi connectivity index (χ2n) is 16.9. The largest absolute Gasteiger partial charge is 0.756 e. The highest BCUT2D eigenvalue weighted by atomic mass is 31.2. The number of allylic oxidation sites excluding steroid dienone is 5. The molecule has 336 valence electrons. The summed E-state index contributed by atoms with van der Waals surface area (Å²) < 4.78 is 34.3. The van der Waals surface area contributed by atoms with Gasteiger partial charge in [0.05, 0.1) is 46.2 Å². The Morgan fingerprint density at radius 2 is 1.41 bits per heavy atom. The van der Waals surface area contributed by atoms with Crippen LogP contribution in [0.1, 0.15) is 155 Å². The van der Waals surface area contributed by atoms with Crippen molar-refractivity contribution in [2.75, 3.05) is 47.5 Å². The molecule has 0 bridgehead atoms. The molecule has 12 heteroatoms. The second-order valence-corrected chi connectivity index (χ2v) is 18.3. The standard InChI is InChI=1S/C46H82NO10P/c1-6-8-10-11-12-13-14-15-16-17-18-19-20-21-24-28-35-54-41(39-57-58(52,53)56-36-34-47(3,4)5)38-55-46(51)31-27-23-22-26-30-42-43(45(50)37-44(42)49)33-32-40(48)29-25-9-7-2/h15-16,22,26,28,32-33,35,40-43,45,48,50H,6-14,17-21,23-25,27,29-31,34,36-39H2,1-5H3/b16-15-,26-22-,33-32+,35-28+/t40-,41+,42+,43+,45+/m0/s1. The third kappa shape index (κ3) is 30.0. The third-order valence-corrected chi connectivity index (χ3v) is 11.3. The number of phosphoric ester groups is 1. The zero-order chi connectivity index (χ0) is 42.9. The molecule has 0 amide bonds. The van der Waals surface area contributed by atoms with Crippen LogP contribution < -0.4 is 4.89 Å². The molecule has 0 aromatic heterocycles. The average Bonchev–Trinajstić information content (AvgIpc) is 3.44. The lowest BCUT2D eigenvalue weighted by atomic mass is 9.90. The van der Waals surface area contributed by atoms with Crippen LogP contribution in [-0.4, -0.2) is 92.3 Å². The van der Waals surface area contributed by atoms with E-state index in [2.05, 4.69) is 26.0 Å². The Morgan fingerprint density at radius 3 is 2.07 bits per heavy atom. The van der Waals surface area contributed by atoms with E-state index in [-0.39, 0.29) is 50.3 Å². The van der Waals surface area contributed by atoms with Crippen molar-refractivity contribution in [1.29, 1.82) is 0 Å². The van der Waals surface area contributed by atoms with E-state index < -0.39 is 32.1 Å². The summed E-state index contributed by atoms with van der Waals surface area (Å²) >= 11 is 0. The normalized spacial score (nSPS) is 19.9. The van der Waals surface area contributed by atoms with Gasteiger partial charge in [0.2, 0.25) is 0 Å². The molecule has 0 spiro atoms. The molecule has 1 rings (SSSR count). The lowest BCUT2D eigenvalue weighted by molar-refractivity contribution is -0.870. The average molecular weight is 840 g/mol. The van der Waals surface area contributed by atoms with Crippen LogP contribution in [0.25, 0.3) is 0 Å². The molecule has 0 aromatic carbocycles. The molecule has 1 aliphatic rings. The number of quaternary nitrogens is 1. The van der Waals surface area contributed by atoms with Crippen LogP contribution in [0.2, 0.25) is 0 Å². The summed E-state index contributed by atoms with van der Waals surface area (Å²) in [6.45, 7) is 4.27. The quantitative estimate of drug-likeness (QED) is 0.0155. The monoisotopic (exact) mass is 840 g/mol. The maximum Gasteiger partial charge on any atom is 0.305 e. The topological polar surface area (TPSA) is 152 Å². The Kier molecular flexibility index (Phi) is 31.2. The molecule has 1 fully saturated rings. The maximum atomic E-state index is 12.6. The number of rotatable bonds is 37. The fourth-order valence-corrected chi connectivity index (χ4v) is 7.35. The van der Waals surface area contributed by atoms with Gasteiger partial charge in [-0.3, -0.25) is 14.2 Å². The first-order valence-electron chi connectivity index (χ1n) is 22.5. The molecule has 0 heterocycles. The molecular weight excluding hydrogens is 757 g/mol. The van der Waals surface area contributed by atoms with Gasteiger partial charge >= 0.3 is 5.97 Å². The van der Waals surface area contributed by atoms with Crippen molar-refractivity contribution in [2.45, 2.75) is 173 Å². The summed E-state index contributed by atoms with van der Waals surface area (Å²) in [6, 6.07) is 0. The number of carbonyl (C=O) groups is 2. The van der Waals surface area contributed by atoms with Crippen molar-refractivity contribution in [3.05, 3.63) is 48.8 Å². The van der Waals surface area contributed by atoms with Gasteiger partial charge in [-0.1, -0.05) is 115 Å². The zero-order valence-corrected chi connectivity index (χ0v) is 37.8. The first kappa shape index (κ1) is 53.9. The first-order chi connectivity index (χ1) is 27.8. The van der Waals surface area contributed by atoms with Crippen LogP contribution in [0.4, 0.5) is 0 Å². The van der Waals surface area contributed by atoms with E-state index in [0.717, 1.165) is 44.9 Å². The number of esters is 1. The molecule has 11 nitrogen and oxygen atoms in total. The maximum absolute atomic E-state index is 12.6. The third-order valence-electron chi connectivity index (χ3n) is 10.3. The van der Waals surface area contributed by atoms with Gasteiger partial charge in [-0.25, -0.2) is 0 Å². The number of carbonyl (C=O) groups excluding carboxylic acids is 2. The van der Waals surface area contributed by atoms with E-state index in [1.807, 2.05) is 39.4 Å². The molecule has 1 aliphatic carbocycles. The van der Waals surface area contributed by atoms with Gasteiger partial charge in [0.25, 0.3) is 7.82 Å². The van der Waals surface area contributed by atoms with Crippen molar-refractivity contribution in [3.63, 3.8) is 0 Å². The SMILES string of the molecule is CCCCCCCC/C=C\CCCCCC/C=C/O[C@H](COC(=O)CCC/C=C\C[C@H]1C(=O)C[C@@H](O)[C@@H]1/C=C/[C@@H](O)CCCCC)COP(=O)([O-])OCC[N+](C)(C)C. The van der Waals surface area contributed by atoms with Gasteiger partial charge in [0.15, 0.2) is 6.10 Å². The van der Waals surface area contributed by atoms with E-state index in [9.17, 15) is 29.3 Å². The van der Waals surface area contributed by atoms with Crippen LogP contribution in [-0.2, 0) is 32.7 Å². The smallest absolute Gasteiger partial charge is 0.305 e. The van der Waals surface area contributed by atoms with Crippen molar-refractivity contribution in [1.82, 2.24) is 0 Å². The van der Waals surface area contributed by atoms with Crippen LogP contribution in [0.3, 0.4) is 0 Å². The molecule has 58 heavy (non-hydrogen) atoms. The predicted molar refractivity (Wildman–Crippen MR) is 232 cm³/mol. The number of hydrogen-bond donors (Lipinski definition) is 2. The second kappa shape index (κ2) is 33.6. The molecule has 6 atom stereocenters. The number of hydrogen-bond acceptors (Lipinski definition) is 10. The van der Waals surface area contributed by atoms with E-state index in [1.165, 1.54) is 64.0 Å². The summed E-state index contributed by atoms with van der Waals surface area (Å²) in [6.07, 6.45) is 34.4. The number of phosphoric acid groups is 1. The number of ketones is 1. The summed E-state index contributed by atoms with van der Waals surface area (Å²) in [7, 11) is 1.20. The predicted octanol–water partition coefficient (Wildman–Crippen LogP) is 9.46. The Balaban J connectivity index is 2.48. The Morgan fingerprint density at radius 1 is 0.828 bits per heavy atom. The lowest BCUT2D eigenvalue weighted by Gasteiger charge is -2.28. The van der Waals surface area contributed by atoms with Crippen molar-refractivity contribution >= 4 is 19.6 Å². The Labute approximate surface area is 352 Å². The summed E-state index contributed by atoms with van der Waals surface area (Å²) in [5.74, 6) is -1.09. The van der Waals surface area contributed by atoms with Crippen molar-refractivity contribution in [3.8, 4) is 0 Å². The first-order valence-corrected chi connectivity index (χ1v) is 24.0. The van der Waals surface area contributed by atoms with Gasteiger partial charge in [-0.05, 0) is 70.3 Å². The number of unbranched alkanes of at least 4 members (excludes halogenated alkanes) is 14. The summed E-state index contributed by atoms with van der Waals surface area (Å²) in [5, 5.41) is 20.7. The molecule has 0 radical (unpaired) electrons. The van der Waals surface area contributed by atoms with Gasteiger partial charge in [0.1, 0.15) is 25.5 Å². The van der Waals surface area contributed by atoms with Gasteiger partial charge in [-0.15, -0.1) is 0 Å². The van der Waals surface area contributed by atoms with Gasteiger partial charge < -0.3 is 38.1 Å². The van der Waals surface area contributed by atoms with Crippen LogP contribution >= 0.6 is 7.82 Å². The van der Waals surface area contributed by atoms with Crippen LogP contribution in [0, 0.1) is 11.8 Å². The highest BCUT2D eigenvalue weighted by molar-refractivity contribution is 7.45. The molecule has 0 saturated heterocycles. The number of nitrogens with zero attached hydrogens (tertiary/aromatic N) is 1. The fraction of sp³-hybridized carbons (Fsp3) is 0.783. The minimum absolute atomic E-state index is 0.0168. The number of ether oxygens (including phenoxy) is 2. The van der Waals surface area contributed by atoms with E-state index in [4.69, 9.17) is 18.5 Å². The summed E-state index contributed by atoms with van der Waals surface area (Å²) in [4.78, 5) is 37.5. The molecular formula is C46H82NO10P.